The van der Waals surface area contributed by atoms with Gasteiger partial charge in [0.05, 0.1) is 4.87 Å². The third-order valence-electron chi connectivity index (χ3n) is 1.69. The van der Waals surface area contributed by atoms with Gasteiger partial charge in [0.15, 0.2) is 0 Å². The van der Waals surface area contributed by atoms with Gasteiger partial charge in [0.1, 0.15) is 0 Å². The Bertz CT molecular complexity index is 254. The number of fused-ring (bicyclic) bond motifs is 1. The molecule has 0 saturated carbocycles. The Balaban J connectivity index is 2.41. The standard InChI is InChI=1S/C9H11NS/c1-9(2)10-7-5-3-4-6-8(7)11-9/h3-6,10H,1-2H3. The van der Waals surface area contributed by atoms with Gasteiger partial charge in [0, 0.05) is 10.6 Å². The summed E-state index contributed by atoms with van der Waals surface area (Å²) in [6, 6.07) is 8.42. The molecule has 0 amide bonds. The zero-order chi connectivity index (χ0) is 7.90. The normalized spacial score (nSPS) is 19.1. The minimum atomic E-state index is 0.170. The summed E-state index contributed by atoms with van der Waals surface area (Å²) in [5.41, 5.74) is 1.27. The molecular formula is C9H11NS. The van der Waals surface area contributed by atoms with E-state index >= 15 is 0 Å². The number of rotatable bonds is 0. The zero-order valence-corrected chi connectivity index (χ0v) is 7.53. The van der Waals surface area contributed by atoms with E-state index in [9.17, 15) is 0 Å². The van der Waals surface area contributed by atoms with Gasteiger partial charge in [-0.2, -0.15) is 0 Å². The molecular weight excluding hydrogens is 154 g/mol. The molecule has 0 bridgehead atoms. The predicted molar refractivity (Wildman–Crippen MR) is 50.0 cm³/mol. The highest BCUT2D eigenvalue weighted by molar-refractivity contribution is 8.01. The molecule has 1 N–H and O–H groups in total. The first-order valence-electron chi connectivity index (χ1n) is 3.74. The van der Waals surface area contributed by atoms with E-state index < -0.39 is 0 Å². The lowest BCUT2D eigenvalue weighted by Gasteiger charge is -2.16. The number of benzene rings is 1. The van der Waals surface area contributed by atoms with Crippen LogP contribution in [0.15, 0.2) is 29.2 Å². The molecule has 1 aromatic carbocycles. The minimum Gasteiger partial charge on any atom is -0.370 e. The quantitative estimate of drug-likeness (QED) is 0.634. The van der Waals surface area contributed by atoms with Crippen molar-refractivity contribution in [3.8, 4) is 0 Å². The molecule has 2 rings (SSSR count). The van der Waals surface area contributed by atoms with Crippen molar-refractivity contribution in [3.63, 3.8) is 0 Å². The molecule has 1 nitrogen and oxygen atoms in total. The molecule has 11 heavy (non-hydrogen) atoms. The third-order valence-corrected chi connectivity index (χ3v) is 2.88. The van der Waals surface area contributed by atoms with Crippen molar-refractivity contribution in [2.75, 3.05) is 5.32 Å². The molecule has 0 aromatic heterocycles. The van der Waals surface area contributed by atoms with E-state index in [1.54, 1.807) is 0 Å². The molecule has 0 saturated heterocycles. The monoisotopic (exact) mass is 165 g/mol. The highest BCUT2D eigenvalue weighted by Crippen LogP contribution is 2.44. The van der Waals surface area contributed by atoms with Crippen molar-refractivity contribution in [1.29, 1.82) is 0 Å². The van der Waals surface area contributed by atoms with Crippen LogP contribution in [0, 0.1) is 0 Å². The fraction of sp³-hybridized carbons (Fsp3) is 0.333. The van der Waals surface area contributed by atoms with Crippen molar-refractivity contribution in [1.82, 2.24) is 0 Å². The fourth-order valence-corrected chi connectivity index (χ4v) is 2.37. The van der Waals surface area contributed by atoms with Gasteiger partial charge in [-0.25, -0.2) is 0 Å². The van der Waals surface area contributed by atoms with Crippen LogP contribution in [-0.2, 0) is 0 Å². The molecule has 0 unspecified atom stereocenters. The minimum absolute atomic E-state index is 0.170. The Morgan fingerprint density at radius 2 is 2.00 bits per heavy atom. The summed E-state index contributed by atoms with van der Waals surface area (Å²) in [4.78, 5) is 1.53. The van der Waals surface area contributed by atoms with E-state index in [1.165, 1.54) is 10.6 Å². The SMILES string of the molecule is CC1(C)Nc2ccccc2S1. The highest BCUT2D eigenvalue weighted by atomic mass is 32.2. The molecule has 0 aliphatic carbocycles. The van der Waals surface area contributed by atoms with Gasteiger partial charge in [-0.05, 0) is 26.0 Å². The van der Waals surface area contributed by atoms with Crippen LogP contribution in [0.1, 0.15) is 13.8 Å². The Morgan fingerprint density at radius 1 is 1.27 bits per heavy atom. The summed E-state index contributed by atoms with van der Waals surface area (Å²) in [6.07, 6.45) is 0. The molecule has 2 heteroatoms. The van der Waals surface area contributed by atoms with Crippen LogP contribution in [-0.4, -0.2) is 4.87 Å². The lowest BCUT2D eigenvalue weighted by Crippen LogP contribution is -2.20. The van der Waals surface area contributed by atoms with Crippen LogP contribution >= 0.6 is 11.8 Å². The Hall–Kier alpha value is -0.630. The topological polar surface area (TPSA) is 12.0 Å². The largest absolute Gasteiger partial charge is 0.370 e. The van der Waals surface area contributed by atoms with Crippen molar-refractivity contribution in [2.24, 2.45) is 0 Å². The Labute approximate surface area is 71.2 Å². The number of thioether (sulfide) groups is 1. The van der Waals surface area contributed by atoms with Crippen LogP contribution in [0.2, 0.25) is 0 Å². The number of hydrogen-bond acceptors (Lipinski definition) is 2. The van der Waals surface area contributed by atoms with E-state index in [0.29, 0.717) is 0 Å². The molecule has 1 aliphatic heterocycles. The van der Waals surface area contributed by atoms with E-state index in [-0.39, 0.29) is 4.87 Å². The average molecular weight is 165 g/mol. The molecule has 1 heterocycles. The number of hydrogen-bond donors (Lipinski definition) is 1. The Kier molecular flexibility index (Phi) is 1.39. The van der Waals surface area contributed by atoms with Crippen molar-refractivity contribution >= 4 is 17.4 Å². The average Bonchev–Trinajstić information content (AvgIpc) is 2.21. The number of nitrogens with one attached hydrogen (secondary N) is 1. The third kappa shape index (κ3) is 1.23. The second kappa shape index (κ2) is 2.18. The molecule has 0 spiro atoms. The lowest BCUT2D eigenvalue weighted by molar-refractivity contribution is 0.836. The van der Waals surface area contributed by atoms with Gasteiger partial charge in [-0.3, -0.25) is 0 Å². The summed E-state index contributed by atoms with van der Waals surface area (Å²) in [7, 11) is 0. The highest BCUT2D eigenvalue weighted by Gasteiger charge is 2.27. The summed E-state index contributed by atoms with van der Waals surface area (Å²) in [5.74, 6) is 0. The second-order valence-electron chi connectivity index (χ2n) is 3.23. The zero-order valence-electron chi connectivity index (χ0n) is 6.72. The summed E-state index contributed by atoms with van der Waals surface area (Å²) >= 11 is 1.88. The van der Waals surface area contributed by atoms with E-state index in [0.717, 1.165) is 0 Å². The van der Waals surface area contributed by atoms with Crippen LogP contribution in [0.5, 0.6) is 0 Å². The molecule has 58 valence electrons. The van der Waals surface area contributed by atoms with Crippen molar-refractivity contribution in [3.05, 3.63) is 24.3 Å². The van der Waals surface area contributed by atoms with E-state index in [1.807, 2.05) is 11.8 Å². The van der Waals surface area contributed by atoms with Gasteiger partial charge in [0.2, 0.25) is 0 Å². The summed E-state index contributed by atoms with van der Waals surface area (Å²) in [6.45, 7) is 4.38. The molecule has 0 radical (unpaired) electrons. The second-order valence-corrected chi connectivity index (χ2v) is 4.90. The van der Waals surface area contributed by atoms with Gasteiger partial charge >= 0.3 is 0 Å². The van der Waals surface area contributed by atoms with Crippen LogP contribution in [0.3, 0.4) is 0 Å². The molecule has 0 atom stereocenters. The maximum absolute atomic E-state index is 3.44. The predicted octanol–water partition coefficient (Wildman–Crippen LogP) is 2.94. The van der Waals surface area contributed by atoms with Crippen LogP contribution < -0.4 is 5.32 Å². The van der Waals surface area contributed by atoms with E-state index in [4.69, 9.17) is 0 Å². The van der Waals surface area contributed by atoms with Gasteiger partial charge in [0.25, 0.3) is 0 Å². The van der Waals surface area contributed by atoms with Crippen molar-refractivity contribution in [2.45, 2.75) is 23.6 Å². The summed E-state index contributed by atoms with van der Waals surface area (Å²) < 4.78 is 0. The first-order chi connectivity index (χ1) is 5.17. The van der Waals surface area contributed by atoms with Gasteiger partial charge in [-0.1, -0.05) is 23.9 Å². The van der Waals surface area contributed by atoms with Gasteiger partial charge < -0.3 is 5.32 Å². The first-order valence-corrected chi connectivity index (χ1v) is 4.55. The first kappa shape index (κ1) is 7.04. The number of para-hydroxylation sites is 1. The molecule has 1 aliphatic rings. The van der Waals surface area contributed by atoms with Crippen LogP contribution in [0.25, 0.3) is 0 Å². The summed E-state index contributed by atoms with van der Waals surface area (Å²) in [5, 5.41) is 3.44. The smallest absolute Gasteiger partial charge is 0.0824 e. The van der Waals surface area contributed by atoms with Crippen molar-refractivity contribution < 1.29 is 0 Å². The lowest BCUT2D eigenvalue weighted by atomic mass is 10.3. The molecule has 1 aromatic rings. The fourth-order valence-electron chi connectivity index (χ4n) is 1.28. The Morgan fingerprint density at radius 3 is 2.73 bits per heavy atom. The van der Waals surface area contributed by atoms with Crippen LogP contribution in [0.4, 0.5) is 5.69 Å². The maximum Gasteiger partial charge on any atom is 0.0824 e. The number of anilines is 1. The van der Waals surface area contributed by atoms with E-state index in [2.05, 4.69) is 43.4 Å². The maximum atomic E-state index is 3.44. The van der Waals surface area contributed by atoms with Gasteiger partial charge in [-0.15, -0.1) is 0 Å². The molecule has 0 fully saturated rings.